The maximum atomic E-state index is 12.7. The Morgan fingerprint density at radius 3 is 2.57 bits per heavy atom. The molecule has 0 atom stereocenters. The number of methoxy groups -OCH3 is 1. The first-order chi connectivity index (χ1) is 14.7. The first-order valence-electron chi connectivity index (χ1n) is 10.1. The summed E-state index contributed by atoms with van der Waals surface area (Å²) in [5.41, 5.74) is 3.84. The molecule has 152 valence electrons. The average Bonchev–Trinajstić information content (AvgIpc) is 3.05. The van der Waals surface area contributed by atoms with E-state index >= 15 is 0 Å². The second kappa shape index (κ2) is 7.50. The molecular weight excluding hydrogens is 376 g/mol. The van der Waals surface area contributed by atoms with Crippen molar-refractivity contribution in [1.82, 2.24) is 4.90 Å². The van der Waals surface area contributed by atoms with Crippen molar-refractivity contribution in [3.05, 3.63) is 89.5 Å². The largest absolute Gasteiger partial charge is 0.497 e. The van der Waals surface area contributed by atoms with Gasteiger partial charge < -0.3 is 14.8 Å². The molecule has 0 radical (unpaired) electrons. The third kappa shape index (κ3) is 3.21. The summed E-state index contributed by atoms with van der Waals surface area (Å²) in [6, 6.07) is 24.1. The van der Waals surface area contributed by atoms with Crippen LogP contribution in [-0.4, -0.2) is 31.0 Å². The number of likely N-dealkylation sites (tertiary alicyclic amines) is 1. The van der Waals surface area contributed by atoms with Gasteiger partial charge in [0.2, 0.25) is 5.91 Å². The summed E-state index contributed by atoms with van der Waals surface area (Å²) in [5.74, 6) is 1.69. The molecule has 0 unspecified atom stereocenters. The zero-order valence-electron chi connectivity index (χ0n) is 16.9. The van der Waals surface area contributed by atoms with Crippen LogP contribution in [0.2, 0.25) is 0 Å². The summed E-state index contributed by atoms with van der Waals surface area (Å²) in [7, 11) is 1.66. The second-order valence-corrected chi connectivity index (χ2v) is 7.97. The van der Waals surface area contributed by atoms with Crippen LogP contribution in [0.5, 0.6) is 11.5 Å². The molecule has 0 aliphatic carbocycles. The van der Waals surface area contributed by atoms with Crippen LogP contribution in [0.15, 0.2) is 72.8 Å². The van der Waals surface area contributed by atoms with Crippen molar-refractivity contribution in [2.24, 2.45) is 0 Å². The lowest BCUT2D eigenvalue weighted by atomic mass is 9.74. The average molecular weight is 400 g/mol. The lowest BCUT2D eigenvalue weighted by molar-refractivity contribution is -0.127. The highest BCUT2D eigenvalue weighted by Crippen LogP contribution is 2.45. The van der Waals surface area contributed by atoms with Crippen LogP contribution in [-0.2, 0) is 23.4 Å². The third-order valence-corrected chi connectivity index (χ3v) is 6.02. The molecule has 3 aromatic carbocycles. The van der Waals surface area contributed by atoms with Crippen LogP contribution in [0.4, 0.5) is 5.69 Å². The molecule has 0 bridgehead atoms. The Bertz CT molecular complexity index is 1070. The Morgan fingerprint density at radius 1 is 1.00 bits per heavy atom. The van der Waals surface area contributed by atoms with Gasteiger partial charge in [0.05, 0.1) is 7.11 Å². The predicted molar refractivity (Wildman–Crippen MR) is 116 cm³/mol. The Hall–Kier alpha value is -3.31. The molecule has 5 nitrogen and oxygen atoms in total. The van der Waals surface area contributed by atoms with E-state index in [0.29, 0.717) is 19.7 Å². The highest BCUT2D eigenvalue weighted by atomic mass is 16.5. The summed E-state index contributed by atoms with van der Waals surface area (Å²) in [6.45, 7) is 2.64. The van der Waals surface area contributed by atoms with Gasteiger partial charge in [-0.3, -0.25) is 9.69 Å². The Balaban J connectivity index is 1.32. The fourth-order valence-corrected chi connectivity index (χ4v) is 4.42. The van der Waals surface area contributed by atoms with Gasteiger partial charge in [0.1, 0.15) is 23.5 Å². The molecule has 2 heterocycles. The number of hydrogen-bond donors (Lipinski definition) is 1. The molecule has 2 aliphatic rings. The zero-order valence-corrected chi connectivity index (χ0v) is 16.9. The Labute approximate surface area is 176 Å². The zero-order chi connectivity index (χ0) is 20.6. The van der Waals surface area contributed by atoms with E-state index in [1.165, 1.54) is 0 Å². The van der Waals surface area contributed by atoms with Crippen LogP contribution in [0.25, 0.3) is 0 Å². The van der Waals surface area contributed by atoms with Gasteiger partial charge in [0.25, 0.3) is 0 Å². The van der Waals surface area contributed by atoms with Gasteiger partial charge in [0.15, 0.2) is 0 Å². The van der Waals surface area contributed by atoms with Crippen LogP contribution >= 0.6 is 0 Å². The number of ether oxygens (including phenoxy) is 2. The number of nitrogens with one attached hydrogen (secondary N) is 1. The van der Waals surface area contributed by atoms with Crippen molar-refractivity contribution in [2.75, 3.05) is 25.5 Å². The van der Waals surface area contributed by atoms with E-state index in [2.05, 4.69) is 28.4 Å². The fraction of sp³-hybridized carbons (Fsp3) is 0.240. The van der Waals surface area contributed by atoms with Crippen LogP contribution in [0, 0.1) is 0 Å². The first kappa shape index (κ1) is 18.7. The molecule has 2 aliphatic heterocycles. The molecule has 3 aromatic rings. The van der Waals surface area contributed by atoms with E-state index in [1.807, 2.05) is 54.6 Å². The van der Waals surface area contributed by atoms with Gasteiger partial charge in [-0.15, -0.1) is 0 Å². The number of para-hydroxylation sites is 1. The molecular formula is C25H24N2O3. The lowest BCUT2D eigenvalue weighted by Gasteiger charge is -2.46. The van der Waals surface area contributed by atoms with E-state index in [4.69, 9.17) is 9.47 Å². The van der Waals surface area contributed by atoms with Crippen molar-refractivity contribution >= 4 is 11.6 Å². The molecule has 5 rings (SSSR count). The SMILES string of the molecule is COc1ccc(CN2CC3(C2)C(=O)Nc2ccccc23)c(OCc2ccccc2)c1. The van der Waals surface area contributed by atoms with Gasteiger partial charge in [0, 0.05) is 37.0 Å². The molecule has 5 heteroatoms. The van der Waals surface area contributed by atoms with E-state index in [1.54, 1.807) is 7.11 Å². The topological polar surface area (TPSA) is 50.8 Å². The number of nitrogens with zero attached hydrogens (tertiary/aromatic N) is 1. The van der Waals surface area contributed by atoms with E-state index < -0.39 is 5.41 Å². The van der Waals surface area contributed by atoms with Gasteiger partial charge in [-0.2, -0.15) is 0 Å². The molecule has 0 aromatic heterocycles. The van der Waals surface area contributed by atoms with Gasteiger partial charge >= 0.3 is 0 Å². The van der Waals surface area contributed by atoms with Crippen molar-refractivity contribution < 1.29 is 14.3 Å². The lowest BCUT2D eigenvalue weighted by Crippen LogP contribution is -2.62. The summed E-state index contributed by atoms with van der Waals surface area (Å²) >= 11 is 0. The molecule has 30 heavy (non-hydrogen) atoms. The van der Waals surface area contributed by atoms with E-state index in [-0.39, 0.29) is 5.91 Å². The fourth-order valence-electron chi connectivity index (χ4n) is 4.42. The van der Waals surface area contributed by atoms with Crippen LogP contribution in [0.1, 0.15) is 16.7 Å². The maximum Gasteiger partial charge on any atom is 0.237 e. The van der Waals surface area contributed by atoms with E-state index in [9.17, 15) is 4.79 Å². The molecule has 1 fully saturated rings. The summed E-state index contributed by atoms with van der Waals surface area (Å²) in [5, 5.41) is 3.03. The van der Waals surface area contributed by atoms with Crippen LogP contribution in [0.3, 0.4) is 0 Å². The van der Waals surface area contributed by atoms with E-state index in [0.717, 1.165) is 40.4 Å². The molecule has 1 spiro atoms. The number of rotatable bonds is 6. The van der Waals surface area contributed by atoms with Crippen molar-refractivity contribution in [1.29, 1.82) is 0 Å². The normalized spacial score (nSPS) is 16.6. The van der Waals surface area contributed by atoms with Crippen molar-refractivity contribution in [2.45, 2.75) is 18.6 Å². The first-order valence-corrected chi connectivity index (χ1v) is 10.1. The number of benzene rings is 3. The molecule has 1 N–H and O–H groups in total. The Kier molecular flexibility index (Phi) is 4.68. The predicted octanol–water partition coefficient (Wildman–Crippen LogP) is 3.98. The molecule has 1 amide bonds. The molecule has 0 saturated carbocycles. The smallest absolute Gasteiger partial charge is 0.237 e. The minimum atomic E-state index is -0.422. The maximum absolute atomic E-state index is 12.7. The Morgan fingerprint density at radius 2 is 1.77 bits per heavy atom. The quantitative estimate of drug-likeness (QED) is 0.680. The third-order valence-electron chi connectivity index (χ3n) is 6.02. The van der Waals surface area contributed by atoms with Crippen molar-refractivity contribution in [3.8, 4) is 11.5 Å². The number of carbonyl (C=O) groups is 1. The number of hydrogen-bond acceptors (Lipinski definition) is 4. The van der Waals surface area contributed by atoms with Gasteiger partial charge in [-0.25, -0.2) is 0 Å². The van der Waals surface area contributed by atoms with Crippen LogP contribution < -0.4 is 14.8 Å². The second-order valence-electron chi connectivity index (χ2n) is 7.97. The number of anilines is 1. The highest BCUT2D eigenvalue weighted by Gasteiger charge is 2.54. The van der Waals surface area contributed by atoms with Gasteiger partial charge in [-0.05, 0) is 23.3 Å². The summed E-state index contributed by atoms with van der Waals surface area (Å²) in [6.07, 6.45) is 0. The highest BCUT2D eigenvalue weighted by molar-refractivity contribution is 6.07. The minimum Gasteiger partial charge on any atom is -0.497 e. The molecule has 1 saturated heterocycles. The summed E-state index contributed by atoms with van der Waals surface area (Å²) < 4.78 is 11.5. The minimum absolute atomic E-state index is 0.107. The van der Waals surface area contributed by atoms with Crippen molar-refractivity contribution in [3.63, 3.8) is 0 Å². The number of carbonyl (C=O) groups excluding carboxylic acids is 1. The number of fused-ring (bicyclic) bond motifs is 2. The monoisotopic (exact) mass is 400 g/mol. The standard InChI is InChI=1S/C25H24N2O3/c1-29-20-12-11-19(23(13-20)30-15-18-7-3-2-4-8-18)14-27-16-25(17-27)21-9-5-6-10-22(21)26-24(25)28/h2-13H,14-17H2,1H3,(H,26,28). The summed E-state index contributed by atoms with van der Waals surface area (Å²) in [4.78, 5) is 15.0. The van der Waals surface area contributed by atoms with Gasteiger partial charge in [-0.1, -0.05) is 54.6 Å². The number of amides is 1.